The second-order valence-electron chi connectivity index (χ2n) is 5.54. The second-order valence-corrected chi connectivity index (χ2v) is 5.54. The number of benzene rings is 1. The van der Waals surface area contributed by atoms with Crippen LogP contribution in [-0.2, 0) is 4.74 Å². The van der Waals surface area contributed by atoms with E-state index in [1.54, 1.807) is 7.11 Å². The topological polar surface area (TPSA) is 39.5 Å². The van der Waals surface area contributed by atoms with Crippen LogP contribution in [-0.4, -0.2) is 51.3 Å². The van der Waals surface area contributed by atoms with Crippen LogP contribution in [0.25, 0.3) is 0 Å². The van der Waals surface area contributed by atoms with Gasteiger partial charge in [0.2, 0.25) is 0 Å². The summed E-state index contributed by atoms with van der Waals surface area (Å²) in [5, 5.41) is 8.83. The van der Waals surface area contributed by atoms with E-state index in [1.807, 2.05) is 12.1 Å². The number of nitrogens with zero attached hydrogens (tertiary/aromatic N) is 3. The van der Waals surface area contributed by atoms with Crippen molar-refractivity contribution in [2.45, 2.75) is 19.3 Å². The summed E-state index contributed by atoms with van der Waals surface area (Å²) in [5.41, 5.74) is 1.96. The van der Waals surface area contributed by atoms with Crippen molar-refractivity contribution >= 4 is 5.69 Å². The Bertz CT molecular complexity index is 444. The minimum Gasteiger partial charge on any atom is -0.385 e. The number of hydrogen-bond acceptors (Lipinski definition) is 4. The average molecular weight is 287 g/mol. The molecule has 0 unspecified atom stereocenters. The molecular formula is C17H25N3O. The third-order valence-corrected chi connectivity index (χ3v) is 4.06. The molecule has 0 N–H and O–H groups in total. The summed E-state index contributed by atoms with van der Waals surface area (Å²) in [7, 11) is 1.77. The molecule has 4 nitrogen and oxygen atoms in total. The first kappa shape index (κ1) is 15.8. The molecule has 21 heavy (non-hydrogen) atoms. The van der Waals surface area contributed by atoms with Gasteiger partial charge in [-0.1, -0.05) is 0 Å². The maximum Gasteiger partial charge on any atom is 0.0991 e. The van der Waals surface area contributed by atoms with Gasteiger partial charge >= 0.3 is 0 Å². The lowest BCUT2D eigenvalue weighted by molar-refractivity contribution is 0.188. The van der Waals surface area contributed by atoms with E-state index in [1.165, 1.54) is 31.5 Å². The van der Waals surface area contributed by atoms with Crippen molar-refractivity contribution < 1.29 is 4.74 Å². The Kier molecular flexibility index (Phi) is 6.52. The third-order valence-electron chi connectivity index (χ3n) is 4.06. The summed E-state index contributed by atoms with van der Waals surface area (Å²) in [4.78, 5) is 4.95. The van der Waals surface area contributed by atoms with Gasteiger partial charge < -0.3 is 9.64 Å². The molecule has 1 fully saturated rings. The fraction of sp³-hybridized carbons (Fsp3) is 0.588. The molecule has 1 aliphatic heterocycles. The van der Waals surface area contributed by atoms with E-state index in [9.17, 15) is 0 Å². The largest absolute Gasteiger partial charge is 0.385 e. The van der Waals surface area contributed by atoms with Crippen LogP contribution >= 0.6 is 0 Å². The van der Waals surface area contributed by atoms with Crippen LogP contribution in [0, 0.1) is 11.3 Å². The first-order valence-corrected chi connectivity index (χ1v) is 7.80. The first-order chi connectivity index (χ1) is 10.3. The van der Waals surface area contributed by atoms with Gasteiger partial charge in [0.05, 0.1) is 11.6 Å². The zero-order valence-corrected chi connectivity index (χ0v) is 12.9. The van der Waals surface area contributed by atoms with Crippen molar-refractivity contribution in [3.05, 3.63) is 29.8 Å². The molecule has 0 spiro atoms. The summed E-state index contributed by atoms with van der Waals surface area (Å²) in [6.45, 7) is 6.49. The molecule has 1 aliphatic rings. The molecule has 0 radical (unpaired) electrons. The summed E-state index contributed by atoms with van der Waals surface area (Å²) in [5.74, 6) is 0. The number of methoxy groups -OCH3 is 1. The molecule has 0 aliphatic carbocycles. The lowest BCUT2D eigenvalue weighted by Crippen LogP contribution is -2.46. The van der Waals surface area contributed by atoms with Crippen molar-refractivity contribution in [3.63, 3.8) is 0 Å². The molecule has 4 heteroatoms. The van der Waals surface area contributed by atoms with Gasteiger partial charge in [-0.25, -0.2) is 0 Å². The van der Waals surface area contributed by atoms with Crippen molar-refractivity contribution in [3.8, 4) is 6.07 Å². The highest BCUT2D eigenvalue weighted by molar-refractivity contribution is 5.50. The van der Waals surface area contributed by atoms with Crippen LogP contribution in [0.4, 0.5) is 5.69 Å². The van der Waals surface area contributed by atoms with Crippen LogP contribution in [0.5, 0.6) is 0 Å². The highest BCUT2D eigenvalue weighted by atomic mass is 16.5. The molecule has 1 saturated heterocycles. The number of ether oxygens (including phenoxy) is 1. The molecule has 0 atom stereocenters. The Balaban J connectivity index is 1.69. The predicted octanol–water partition coefficient (Wildman–Crippen LogP) is 2.50. The molecule has 1 aromatic carbocycles. The molecule has 2 rings (SSSR count). The van der Waals surface area contributed by atoms with Gasteiger partial charge in [-0.05, 0) is 50.1 Å². The lowest BCUT2D eigenvalue weighted by Gasteiger charge is -2.36. The zero-order chi connectivity index (χ0) is 14.9. The van der Waals surface area contributed by atoms with E-state index in [0.29, 0.717) is 0 Å². The normalized spacial score (nSPS) is 15.9. The predicted molar refractivity (Wildman–Crippen MR) is 85.5 cm³/mol. The monoisotopic (exact) mass is 287 g/mol. The minimum atomic E-state index is 0.730. The van der Waals surface area contributed by atoms with E-state index < -0.39 is 0 Å². The van der Waals surface area contributed by atoms with Crippen molar-refractivity contribution in [2.75, 3.05) is 51.3 Å². The van der Waals surface area contributed by atoms with E-state index in [4.69, 9.17) is 10.00 Å². The Hall–Kier alpha value is -1.57. The van der Waals surface area contributed by atoms with E-state index in [-0.39, 0.29) is 0 Å². The molecular weight excluding hydrogens is 262 g/mol. The number of anilines is 1. The van der Waals surface area contributed by atoms with Gasteiger partial charge in [-0.2, -0.15) is 5.26 Å². The Morgan fingerprint density at radius 1 is 1.05 bits per heavy atom. The summed E-state index contributed by atoms with van der Waals surface area (Å²) in [6.07, 6.45) is 3.69. The van der Waals surface area contributed by atoms with E-state index in [0.717, 1.165) is 38.3 Å². The van der Waals surface area contributed by atoms with Gasteiger partial charge in [0.25, 0.3) is 0 Å². The molecule has 0 aromatic heterocycles. The van der Waals surface area contributed by atoms with E-state index in [2.05, 4.69) is 28.0 Å². The quantitative estimate of drug-likeness (QED) is 0.722. The fourth-order valence-corrected chi connectivity index (χ4v) is 2.74. The maximum absolute atomic E-state index is 8.83. The smallest absolute Gasteiger partial charge is 0.0991 e. The van der Waals surface area contributed by atoms with Gasteiger partial charge in [0, 0.05) is 45.6 Å². The van der Waals surface area contributed by atoms with Crippen molar-refractivity contribution in [1.29, 1.82) is 5.26 Å². The van der Waals surface area contributed by atoms with Crippen molar-refractivity contribution in [2.24, 2.45) is 0 Å². The number of nitriles is 1. The van der Waals surface area contributed by atoms with Crippen LogP contribution in [0.15, 0.2) is 24.3 Å². The molecule has 0 saturated carbocycles. The first-order valence-electron chi connectivity index (χ1n) is 7.80. The number of unbranched alkanes of at least 4 members (excludes halogenated alkanes) is 2. The van der Waals surface area contributed by atoms with Crippen LogP contribution in [0.3, 0.4) is 0 Å². The number of hydrogen-bond donors (Lipinski definition) is 0. The van der Waals surface area contributed by atoms with Crippen LogP contribution in [0.1, 0.15) is 24.8 Å². The highest BCUT2D eigenvalue weighted by Crippen LogP contribution is 2.17. The summed E-state index contributed by atoms with van der Waals surface area (Å²) < 4.78 is 5.07. The summed E-state index contributed by atoms with van der Waals surface area (Å²) >= 11 is 0. The standard InChI is InChI=1S/C17H25N3O/c1-21-14-4-2-3-9-19-10-12-20(13-11-19)17-7-5-16(15-18)6-8-17/h5-8H,2-4,9-14H2,1H3. The van der Waals surface area contributed by atoms with Crippen LogP contribution < -0.4 is 4.90 Å². The molecule has 1 heterocycles. The second kappa shape index (κ2) is 8.66. The van der Waals surface area contributed by atoms with E-state index >= 15 is 0 Å². The Morgan fingerprint density at radius 2 is 1.76 bits per heavy atom. The fourth-order valence-electron chi connectivity index (χ4n) is 2.74. The Labute approximate surface area is 127 Å². The lowest BCUT2D eigenvalue weighted by atomic mass is 10.2. The average Bonchev–Trinajstić information content (AvgIpc) is 2.55. The minimum absolute atomic E-state index is 0.730. The zero-order valence-electron chi connectivity index (χ0n) is 12.9. The molecule has 0 amide bonds. The van der Waals surface area contributed by atoms with Gasteiger partial charge in [-0.15, -0.1) is 0 Å². The van der Waals surface area contributed by atoms with Gasteiger partial charge in [-0.3, -0.25) is 4.90 Å². The highest BCUT2D eigenvalue weighted by Gasteiger charge is 2.16. The summed E-state index contributed by atoms with van der Waals surface area (Å²) in [6, 6.07) is 10.1. The SMILES string of the molecule is COCCCCCN1CCN(c2ccc(C#N)cc2)CC1. The Morgan fingerprint density at radius 3 is 2.38 bits per heavy atom. The number of rotatable bonds is 7. The number of piperazine rings is 1. The maximum atomic E-state index is 8.83. The van der Waals surface area contributed by atoms with Crippen molar-refractivity contribution in [1.82, 2.24) is 4.90 Å². The molecule has 114 valence electrons. The third kappa shape index (κ3) is 5.04. The molecule has 1 aromatic rings. The van der Waals surface area contributed by atoms with Gasteiger partial charge in [0.1, 0.15) is 0 Å². The molecule has 0 bridgehead atoms. The van der Waals surface area contributed by atoms with Crippen LogP contribution in [0.2, 0.25) is 0 Å². The van der Waals surface area contributed by atoms with Gasteiger partial charge in [0.15, 0.2) is 0 Å².